The summed E-state index contributed by atoms with van der Waals surface area (Å²) in [6, 6.07) is 0.630. The number of hydrogen-bond donors (Lipinski definition) is 2. The van der Waals surface area contributed by atoms with Crippen molar-refractivity contribution < 1.29 is 9.84 Å². The van der Waals surface area contributed by atoms with Crippen LogP contribution in [0.2, 0.25) is 0 Å². The van der Waals surface area contributed by atoms with Gasteiger partial charge in [0.15, 0.2) is 0 Å². The van der Waals surface area contributed by atoms with Crippen molar-refractivity contribution >= 4 is 11.8 Å². The first kappa shape index (κ1) is 15.3. The molecule has 102 valence electrons. The topological polar surface area (TPSA) is 41.5 Å². The lowest BCUT2D eigenvalue weighted by Gasteiger charge is -2.32. The Kier molecular flexibility index (Phi) is 4.92. The molecule has 0 aromatic carbocycles. The summed E-state index contributed by atoms with van der Waals surface area (Å²) in [6.45, 7) is 10.9. The second-order valence-electron chi connectivity index (χ2n) is 6.13. The molecular formula is C13H27NO2S. The molecule has 1 rings (SSSR count). The van der Waals surface area contributed by atoms with Crippen molar-refractivity contribution in [3.8, 4) is 0 Å². The SMILES string of the molecule is CSC(CO)C(C)NC1CC(C)(C)OC1(C)C. The molecule has 4 heteroatoms. The van der Waals surface area contributed by atoms with E-state index in [1.807, 2.05) is 6.26 Å². The highest BCUT2D eigenvalue weighted by molar-refractivity contribution is 7.99. The second-order valence-corrected chi connectivity index (χ2v) is 7.21. The third-order valence-electron chi connectivity index (χ3n) is 3.58. The lowest BCUT2D eigenvalue weighted by Crippen LogP contribution is -2.50. The van der Waals surface area contributed by atoms with Crippen LogP contribution in [0.15, 0.2) is 0 Å². The highest BCUT2D eigenvalue weighted by atomic mass is 32.2. The van der Waals surface area contributed by atoms with Crippen molar-refractivity contribution in [2.24, 2.45) is 0 Å². The van der Waals surface area contributed by atoms with Gasteiger partial charge in [-0.05, 0) is 47.3 Å². The van der Waals surface area contributed by atoms with Gasteiger partial charge in [0.2, 0.25) is 0 Å². The monoisotopic (exact) mass is 261 g/mol. The van der Waals surface area contributed by atoms with Crippen LogP contribution < -0.4 is 5.32 Å². The average Bonchev–Trinajstić information content (AvgIpc) is 2.36. The normalized spacial score (nSPS) is 30.2. The van der Waals surface area contributed by atoms with E-state index in [1.54, 1.807) is 11.8 Å². The molecule has 0 radical (unpaired) electrons. The zero-order valence-corrected chi connectivity index (χ0v) is 12.7. The van der Waals surface area contributed by atoms with E-state index < -0.39 is 0 Å². The van der Waals surface area contributed by atoms with E-state index in [4.69, 9.17) is 4.74 Å². The van der Waals surface area contributed by atoms with Crippen LogP contribution in [0.3, 0.4) is 0 Å². The zero-order valence-electron chi connectivity index (χ0n) is 11.9. The smallest absolute Gasteiger partial charge is 0.0787 e. The molecule has 0 aromatic heterocycles. The molecule has 0 spiro atoms. The largest absolute Gasteiger partial charge is 0.395 e. The number of nitrogens with one attached hydrogen (secondary N) is 1. The van der Waals surface area contributed by atoms with E-state index in [9.17, 15) is 5.11 Å². The first-order valence-corrected chi connectivity index (χ1v) is 7.60. The molecule has 1 saturated heterocycles. The van der Waals surface area contributed by atoms with E-state index in [0.717, 1.165) is 6.42 Å². The fraction of sp³-hybridized carbons (Fsp3) is 1.00. The summed E-state index contributed by atoms with van der Waals surface area (Å²) in [5.41, 5.74) is -0.203. The Hall–Kier alpha value is 0.230. The molecule has 3 atom stereocenters. The van der Waals surface area contributed by atoms with Crippen LogP contribution in [-0.2, 0) is 4.74 Å². The first-order valence-electron chi connectivity index (χ1n) is 6.32. The molecule has 1 aliphatic heterocycles. The van der Waals surface area contributed by atoms with Crippen molar-refractivity contribution in [2.75, 3.05) is 12.9 Å². The predicted octanol–water partition coefficient (Wildman–Crippen LogP) is 2.03. The van der Waals surface area contributed by atoms with E-state index in [0.29, 0.717) is 6.04 Å². The minimum atomic E-state index is -0.143. The second kappa shape index (κ2) is 5.47. The highest BCUT2D eigenvalue weighted by Crippen LogP contribution is 2.37. The molecule has 0 aromatic rings. The number of aliphatic hydroxyl groups excluding tert-OH is 1. The van der Waals surface area contributed by atoms with Gasteiger partial charge in [-0.1, -0.05) is 0 Å². The fourth-order valence-corrected chi connectivity index (χ4v) is 3.32. The number of ether oxygens (including phenoxy) is 1. The van der Waals surface area contributed by atoms with Crippen molar-refractivity contribution in [3.05, 3.63) is 0 Å². The van der Waals surface area contributed by atoms with Gasteiger partial charge in [0.25, 0.3) is 0 Å². The van der Waals surface area contributed by atoms with Crippen LogP contribution in [0.4, 0.5) is 0 Å². The van der Waals surface area contributed by atoms with Crippen LogP contribution in [0.5, 0.6) is 0 Å². The molecule has 0 bridgehead atoms. The molecular weight excluding hydrogens is 234 g/mol. The van der Waals surface area contributed by atoms with Gasteiger partial charge in [-0.25, -0.2) is 0 Å². The lowest BCUT2D eigenvalue weighted by atomic mass is 9.93. The van der Waals surface area contributed by atoms with E-state index in [1.165, 1.54) is 0 Å². The number of hydrogen-bond acceptors (Lipinski definition) is 4. The maximum atomic E-state index is 9.31. The summed E-state index contributed by atoms with van der Waals surface area (Å²) >= 11 is 1.71. The Morgan fingerprint density at radius 1 is 1.41 bits per heavy atom. The summed E-state index contributed by atoms with van der Waals surface area (Å²) in [5, 5.41) is 13.2. The van der Waals surface area contributed by atoms with Gasteiger partial charge in [0, 0.05) is 17.3 Å². The molecule has 3 nitrogen and oxygen atoms in total. The molecule has 2 N–H and O–H groups in total. The van der Waals surface area contributed by atoms with Gasteiger partial charge in [-0.15, -0.1) is 0 Å². The first-order chi connectivity index (χ1) is 7.72. The molecule has 0 amide bonds. The maximum absolute atomic E-state index is 9.31. The fourth-order valence-electron chi connectivity index (χ4n) is 2.68. The van der Waals surface area contributed by atoms with E-state index in [-0.39, 0.29) is 29.1 Å². The Balaban J connectivity index is 2.62. The van der Waals surface area contributed by atoms with Crippen molar-refractivity contribution in [2.45, 2.75) is 69.6 Å². The van der Waals surface area contributed by atoms with Crippen molar-refractivity contribution in [1.82, 2.24) is 5.32 Å². The standard InChI is InChI=1S/C13H27NO2S/c1-9(10(8-15)17-6)14-11-7-12(2,3)16-13(11,4)5/h9-11,14-15H,7-8H2,1-6H3. The average molecular weight is 261 g/mol. The number of aliphatic hydroxyl groups is 1. The van der Waals surface area contributed by atoms with Crippen LogP contribution in [-0.4, -0.2) is 46.5 Å². The zero-order chi connectivity index (χ0) is 13.3. The minimum Gasteiger partial charge on any atom is -0.395 e. The molecule has 1 fully saturated rings. The van der Waals surface area contributed by atoms with Gasteiger partial charge >= 0.3 is 0 Å². The lowest BCUT2D eigenvalue weighted by molar-refractivity contribution is -0.0704. The van der Waals surface area contributed by atoms with Crippen molar-refractivity contribution in [3.63, 3.8) is 0 Å². The minimum absolute atomic E-state index is 0.0606. The Bertz CT molecular complexity index is 252. The molecule has 1 heterocycles. The summed E-state index contributed by atoms with van der Waals surface area (Å²) < 4.78 is 6.06. The third kappa shape index (κ3) is 3.85. The Morgan fingerprint density at radius 3 is 2.35 bits per heavy atom. The van der Waals surface area contributed by atoms with Crippen LogP contribution in [0.1, 0.15) is 41.0 Å². The van der Waals surface area contributed by atoms with Crippen molar-refractivity contribution in [1.29, 1.82) is 0 Å². The van der Waals surface area contributed by atoms with Gasteiger partial charge in [-0.3, -0.25) is 0 Å². The van der Waals surface area contributed by atoms with E-state index in [2.05, 4.69) is 39.9 Å². The van der Waals surface area contributed by atoms with Gasteiger partial charge < -0.3 is 15.2 Å². The summed E-state index contributed by atoms with van der Waals surface area (Å²) in [6.07, 6.45) is 3.05. The molecule has 0 saturated carbocycles. The van der Waals surface area contributed by atoms with Crippen LogP contribution >= 0.6 is 11.8 Å². The molecule has 3 unspecified atom stereocenters. The van der Waals surface area contributed by atoms with Gasteiger partial charge in [0.1, 0.15) is 0 Å². The van der Waals surface area contributed by atoms with Crippen LogP contribution in [0, 0.1) is 0 Å². The van der Waals surface area contributed by atoms with Crippen LogP contribution in [0.25, 0.3) is 0 Å². The summed E-state index contributed by atoms with van der Waals surface area (Å²) in [5.74, 6) is 0. The number of rotatable bonds is 5. The maximum Gasteiger partial charge on any atom is 0.0787 e. The van der Waals surface area contributed by atoms with E-state index >= 15 is 0 Å². The quantitative estimate of drug-likeness (QED) is 0.794. The van der Waals surface area contributed by atoms with Gasteiger partial charge in [-0.2, -0.15) is 11.8 Å². The Labute approximate surface area is 110 Å². The Morgan fingerprint density at radius 2 is 2.00 bits per heavy atom. The number of thioether (sulfide) groups is 1. The third-order valence-corrected chi connectivity index (χ3v) is 4.74. The highest BCUT2D eigenvalue weighted by Gasteiger charge is 2.46. The predicted molar refractivity (Wildman–Crippen MR) is 74.6 cm³/mol. The molecule has 17 heavy (non-hydrogen) atoms. The van der Waals surface area contributed by atoms with Gasteiger partial charge in [0.05, 0.1) is 17.8 Å². The molecule has 1 aliphatic rings. The molecule has 0 aliphatic carbocycles. The summed E-state index contributed by atoms with van der Waals surface area (Å²) in [4.78, 5) is 0. The summed E-state index contributed by atoms with van der Waals surface area (Å²) in [7, 11) is 0.